The van der Waals surface area contributed by atoms with Crippen molar-refractivity contribution in [3.8, 4) is 0 Å². The number of hydrogen-bond donors (Lipinski definition) is 1. The van der Waals surface area contributed by atoms with E-state index in [0.29, 0.717) is 16.7 Å². The van der Waals surface area contributed by atoms with Gasteiger partial charge in [0.1, 0.15) is 11.4 Å². The maximum absolute atomic E-state index is 13.3. The number of nitrogens with one attached hydrogen (secondary N) is 1. The predicted molar refractivity (Wildman–Crippen MR) is 95.3 cm³/mol. The second kappa shape index (κ2) is 6.79. The lowest BCUT2D eigenvalue weighted by Crippen LogP contribution is -2.43. The van der Waals surface area contributed by atoms with E-state index < -0.39 is 28.2 Å². The maximum Gasteiger partial charge on any atom is 0.325 e. The lowest BCUT2D eigenvalue weighted by atomic mass is 9.87. The zero-order valence-electron chi connectivity index (χ0n) is 14.9. The molecule has 3 rings (SSSR count). The molecule has 1 atom stereocenters. The normalized spacial score (nSPS) is 19.3. The summed E-state index contributed by atoms with van der Waals surface area (Å²) in [6.45, 7) is 3.25. The molecule has 1 saturated heterocycles. The van der Waals surface area contributed by atoms with E-state index in [4.69, 9.17) is 0 Å². The predicted octanol–water partition coefficient (Wildman–Crippen LogP) is 3.40. The largest absolute Gasteiger partial charge is 0.325 e. The van der Waals surface area contributed by atoms with Gasteiger partial charge in [-0.1, -0.05) is 31.2 Å². The molecule has 0 aromatic heterocycles. The summed E-state index contributed by atoms with van der Waals surface area (Å²) in [4.78, 5) is 37.3. The fourth-order valence-electron chi connectivity index (χ4n) is 3.35. The third kappa shape index (κ3) is 3.03. The fourth-order valence-corrected chi connectivity index (χ4v) is 3.35. The highest BCUT2D eigenvalue weighted by Crippen LogP contribution is 2.34. The molecule has 0 spiro atoms. The Labute approximate surface area is 154 Å². The zero-order chi connectivity index (χ0) is 19.8. The molecule has 0 radical (unpaired) electrons. The molecule has 1 N–H and O–H groups in total. The van der Waals surface area contributed by atoms with Crippen LogP contribution in [0.5, 0.6) is 0 Å². The number of rotatable bonds is 5. The van der Waals surface area contributed by atoms with Crippen LogP contribution >= 0.6 is 0 Å². The van der Waals surface area contributed by atoms with Gasteiger partial charge in [0, 0.05) is 11.6 Å². The number of halogens is 1. The number of nitrogens with zero attached hydrogens (tertiary/aromatic N) is 2. The van der Waals surface area contributed by atoms with Crippen LogP contribution in [0, 0.1) is 22.9 Å². The number of nitro groups is 1. The summed E-state index contributed by atoms with van der Waals surface area (Å²) in [7, 11) is 0. The van der Waals surface area contributed by atoms with E-state index in [-0.39, 0.29) is 18.7 Å². The van der Waals surface area contributed by atoms with Crippen LogP contribution in [-0.2, 0) is 16.9 Å². The van der Waals surface area contributed by atoms with Crippen molar-refractivity contribution in [1.82, 2.24) is 10.2 Å². The lowest BCUT2D eigenvalue weighted by Gasteiger charge is -2.26. The summed E-state index contributed by atoms with van der Waals surface area (Å²) in [5, 5.41) is 13.8. The standard InChI is InChI=1S/C19H18FN3O4/c1-3-19(14-7-9-15(20)10-8-14)17(24)22(18(25)21-19)11-13-5-4-6-16(12(13)2)23(26)27/h4-10H,3,11H2,1-2H3,(H,21,25). The van der Waals surface area contributed by atoms with Gasteiger partial charge >= 0.3 is 6.03 Å². The second-order valence-corrected chi connectivity index (χ2v) is 6.41. The molecule has 0 aliphatic carbocycles. The summed E-state index contributed by atoms with van der Waals surface area (Å²) >= 11 is 0. The first-order valence-corrected chi connectivity index (χ1v) is 8.43. The minimum absolute atomic E-state index is 0.0696. The highest BCUT2D eigenvalue weighted by Gasteiger charge is 2.51. The third-order valence-corrected chi connectivity index (χ3v) is 4.99. The van der Waals surface area contributed by atoms with Gasteiger partial charge in [-0.15, -0.1) is 0 Å². The van der Waals surface area contributed by atoms with Crippen LogP contribution in [0.15, 0.2) is 42.5 Å². The molecular formula is C19H18FN3O4. The first-order chi connectivity index (χ1) is 12.8. The van der Waals surface area contributed by atoms with E-state index in [0.717, 1.165) is 4.90 Å². The van der Waals surface area contributed by atoms with Crippen molar-refractivity contribution in [3.63, 3.8) is 0 Å². The molecular weight excluding hydrogens is 353 g/mol. The molecule has 3 amide bonds. The van der Waals surface area contributed by atoms with Crippen molar-refractivity contribution in [2.45, 2.75) is 32.4 Å². The van der Waals surface area contributed by atoms with E-state index >= 15 is 0 Å². The molecule has 1 aliphatic rings. The highest BCUT2D eigenvalue weighted by molar-refractivity contribution is 6.07. The molecule has 8 heteroatoms. The van der Waals surface area contributed by atoms with Crippen LogP contribution in [0.1, 0.15) is 30.0 Å². The number of nitro benzene ring substituents is 1. The van der Waals surface area contributed by atoms with Gasteiger partial charge in [0.2, 0.25) is 0 Å². The quantitative estimate of drug-likeness (QED) is 0.495. The van der Waals surface area contributed by atoms with Gasteiger partial charge in [-0.2, -0.15) is 0 Å². The fraction of sp³-hybridized carbons (Fsp3) is 0.263. The number of hydrogen-bond acceptors (Lipinski definition) is 4. The Balaban J connectivity index is 1.96. The number of imide groups is 1. The van der Waals surface area contributed by atoms with Gasteiger partial charge < -0.3 is 5.32 Å². The molecule has 7 nitrogen and oxygen atoms in total. The SMILES string of the molecule is CCC1(c2ccc(F)cc2)NC(=O)N(Cc2cccc([N+](=O)[O-])c2C)C1=O. The Hall–Kier alpha value is -3.29. The lowest BCUT2D eigenvalue weighted by molar-refractivity contribution is -0.385. The molecule has 1 aliphatic heterocycles. The van der Waals surface area contributed by atoms with Crippen molar-refractivity contribution >= 4 is 17.6 Å². The molecule has 0 saturated carbocycles. The minimum Gasteiger partial charge on any atom is -0.319 e. The number of carbonyl (C=O) groups excluding carboxylic acids is 2. The van der Waals surface area contributed by atoms with Crippen LogP contribution in [0.25, 0.3) is 0 Å². The molecule has 2 aromatic rings. The van der Waals surface area contributed by atoms with E-state index in [2.05, 4.69) is 5.32 Å². The van der Waals surface area contributed by atoms with E-state index in [1.807, 2.05) is 0 Å². The Morgan fingerprint density at radius 1 is 1.19 bits per heavy atom. The molecule has 27 heavy (non-hydrogen) atoms. The zero-order valence-corrected chi connectivity index (χ0v) is 14.9. The van der Waals surface area contributed by atoms with Gasteiger partial charge in [-0.25, -0.2) is 9.18 Å². The van der Waals surface area contributed by atoms with Gasteiger partial charge in [-0.3, -0.25) is 19.8 Å². The summed E-state index contributed by atoms with van der Waals surface area (Å²) in [5.41, 5.74) is 0.0554. The topological polar surface area (TPSA) is 92.6 Å². The van der Waals surface area contributed by atoms with Gasteiger partial charge in [0.05, 0.1) is 11.5 Å². The monoisotopic (exact) mass is 371 g/mol. The van der Waals surface area contributed by atoms with Gasteiger partial charge in [0.25, 0.3) is 11.6 Å². The number of benzene rings is 2. The summed E-state index contributed by atoms with van der Waals surface area (Å²) < 4.78 is 13.3. The van der Waals surface area contributed by atoms with Crippen molar-refractivity contribution in [2.24, 2.45) is 0 Å². The Morgan fingerprint density at radius 2 is 1.85 bits per heavy atom. The average Bonchev–Trinajstić information content (AvgIpc) is 2.88. The smallest absolute Gasteiger partial charge is 0.319 e. The highest BCUT2D eigenvalue weighted by atomic mass is 19.1. The number of carbonyl (C=O) groups is 2. The van der Waals surface area contributed by atoms with E-state index in [1.165, 1.54) is 36.4 Å². The molecule has 1 heterocycles. The Bertz CT molecular complexity index is 929. The third-order valence-electron chi connectivity index (χ3n) is 4.99. The van der Waals surface area contributed by atoms with Crippen LogP contribution in [0.3, 0.4) is 0 Å². The molecule has 1 fully saturated rings. The average molecular weight is 371 g/mol. The van der Waals surface area contributed by atoms with Gasteiger partial charge in [-0.05, 0) is 36.6 Å². The van der Waals surface area contributed by atoms with Crippen molar-refractivity contribution in [3.05, 3.63) is 75.1 Å². The molecule has 0 bridgehead atoms. The number of amides is 3. The van der Waals surface area contributed by atoms with Crippen molar-refractivity contribution in [2.75, 3.05) is 0 Å². The van der Waals surface area contributed by atoms with Crippen LogP contribution in [-0.4, -0.2) is 21.8 Å². The van der Waals surface area contributed by atoms with E-state index in [1.54, 1.807) is 19.9 Å². The Kier molecular flexibility index (Phi) is 4.65. The van der Waals surface area contributed by atoms with Crippen molar-refractivity contribution < 1.29 is 18.9 Å². The number of urea groups is 1. The van der Waals surface area contributed by atoms with Crippen LogP contribution in [0.2, 0.25) is 0 Å². The second-order valence-electron chi connectivity index (χ2n) is 6.41. The summed E-state index contributed by atoms with van der Waals surface area (Å²) in [6.07, 6.45) is 0.285. The minimum atomic E-state index is -1.28. The Morgan fingerprint density at radius 3 is 2.44 bits per heavy atom. The molecule has 2 aromatic carbocycles. The first kappa shape index (κ1) is 18.5. The van der Waals surface area contributed by atoms with Crippen LogP contribution in [0.4, 0.5) is 14.9 Å². The van der Waals surface area contributed by atoms with E-state index in [9.17, 15) is 24.1 Å². The molecule has 1 unspecified atom stereocenters. The van der Waals surface area contributed by atoms with Crippen LogP contribution < -0.4 is 5.32 Å². The maximum atomic E-state index is 13.3. The van der Waals surface area contributed by atoms with Gasteiger partial charge in [0.15, 0.2) is 0 Å². The summed E-state index contributed by atoms with van der Waals surface area (Å²) in [5.74, 6) is -0.904. The molecule has 140 valence electrons. The summed E-state index contributed by atoms with van der Waals surface area (Å²) in [6, 6.07) is 9.37. The first-order valence-electron chi connectivity index (χ1n) is 8.43. The van der Waals surface area contributed by atoms with Crippen molar-refractivity contribution in [1.29, 1.82) is 0 Å².